The predicted octanol–water partition coefficient (Wildman–Crippen LogP) is 2.36. The zero-order valence-corrected chi connectivity index (χ0v) is 16.1. The molecule has 0 saturated carbocycles. The second-order valence-electron chi connectivity index (χ2n) is 6.39. The molecule has 0 aliphatic rings. The fourth-order valence-corrected chi connectivity index (χ4v) is 2.32. The minimum atomic E-state index is -0.860. The van der Waals surface area contributed by atoms with Crippen molar-refractivity contribution in [2.24, 2.45) is 5.10 Å². The number of benzene rings is 2. The van der Waals surface area contributed by atoms with Crippen LogP contribution in [0.1, 0.15) is 46.8 Å². The molecule has 28 heavy (non-hydrogen) atoms. The lowest BCUT2D eigenvalue weighted by molar-refractivity contribution is -0.139. The van der Waals surface area contributed by atoms with E-state index in [9.17, 15) is 14.4 Å². The maximum Gasteiger partial charge on any atom is 0.337 e. The van der Waals surface area contributed by atoms with Gasteiger partial charge in [0.1, 0.15) is 0 Å². The van der Waals surface area contributed by atoms with Crippen LogP contribution in [0.2, 0.25) is 0 Å². The molecule has 0 spiro atoms. The van der Waals surface area contributed by atoms with Crippen molar-refractivity contribution >= 4 is 24.0 Å². The van der Waals surface area contributed by atoms with Gasteiger partial charge in [0.25, 0.3) is 0 Å². The lowest BCUT2D eigenvalue weighted by atomic mass is 10.0. The van der Waals surface area contributed by atoms with E-state index in [1.807, 2.05) is 24.3 Å². The molecule has 0 unspecified atom stereocenters. The number of hydrogen-bond acceptors (Lipinski definition) is 5. The molecular weight excluding hydrogens is 358 g/mol. The van der Waals surface area contributed by atoms with Crippen LogP contribution in [-0.4, -0.2) is 31.1 Å². The van der Waals surface area contributed by atoms with Gasteiger partial charge in [-0.1, -0.05) is 50.2 Å². The van der Waals surface area contributed by atoms with Gasteiger partial charge in [-0.05, 0) is 34.7 Å². The Morgan fingerprint density at radius 2 is 1.64 bits per heavy atom. The highest BCUT2D eigenvalue weighted by Gasteiger charge is 2.12. The first-order chi connectivity index (χ1) is 13.4. The number of amides is 2. The third-order valence-electron chi connectivity index (χ3n) is 4.02. The monoisotopic (exact) mass is 381 g/mol. The van der Waals surface area contributed by atoms with Crippen LogP contribution in [0.25, 0.3) is 0 Å². The zero-order chi connectivity index (χ0) is 20.5. The van der Waals surface area contributed by atoms with E-state index < -0.39 is 17.8 Å². The summed E-state index contributed by atoms with van der Waals surface area (Å²) >= 11 is 0. The molecule has 0 aliphatic carbocycles. The Hall–Kier alpha value is -3.48. The molecule has 0 aromatic heterocycles. The van der Waals surface area contributed by atoms with Gasteiger partial charge in [-0.2, -0.15) is 5.10 Å². The third-order valence-corrected chi connectivity index (χ3v) is 4.02. The van der Waals surface area contributed by atoms with E-state index in [1.54, 1.807) is 24.3 Å². The summed E-state index contributed by atoms with van der Waals surface area (Å²) in [5.41, 5.74) is 5.34. The Bertz CT molecular complexity index is 856. The van der Waals surface area contributed by atoms with Crippen LogP contribution in [0.15, 0.2) is 53.6 Å². The van der Waals surface area contributed by atoms with Crippen LogP contribution in [0.5, 0.6) is 0 Å². The molecule has 2 N–H and O–H groups in total. The molecule has 2 amide bonds. The van der Waals surface area contributed by atoms with Gasteiger partial charge < -0.3 is 10.1 Å². The van der Waals surface area contributed by atoms with Crippen molar-refractivity contribution in [3.05, 3.63) is 70.8 Å². The standard InChI is InChI=1S/C21H23N3O4/c1-14(2)17-8-4-15(5-9-17)12-22-19(25)20(26)24-23-13-16-6-10-18(11-7-16)21(27)28-3/h4-11,13-14H,12H2,1-3H3,(H,22,25)(H,24,26)/b23-13-. The van der Waals surface area contributed by atoms with Gasteiger partial charge in [0.05, 0.1) is 18.9 Å². The number of esters is 1. The Morgan fingerprint density at radius 3 is 2.21 bits per heavy atom. The molecule has 0 radical (unpaired) electrons. The number of nitrogens with one attached hydrogen (secondary N) is 2. The number of carbonyl (C=O) groups is 3. The van der Waals surface area contributed by atoms with E-state index in [0.29, 0.717) is 17.0 Å². The fraction of sp³-hybridized carbons (Fsp3) is 0.238. The average molecular weight is 381 g/mol. The molecule has 7 nitrogen and oxygen atoms in total. The SMILES string of the molecule is COC(=O)c1ccc(/C=N\NC(=O)C(=O)NCc2ccc(C(C)C)cc2)cc1. The van der Waals surface area contributed by atoms with E-state index in [0.717, 1.165) is 5.56 Å². The summed E-state index contributed by atoms with van der Waals surface area (Å²) in [7, 11) is 1.30. The number of hydrogen-bond donors (Lipinski definition) is 2. The van der Waals surface area contributed by atoms with E-state index in [-0.39, 0.29) is 6.54 Å². The molecule has 7 heteroatoms. The minimum absolute atomic E-state index is 0.253. The van der Waals surface area contributed by atoms with Crippen molar-refractivity contribution in [3.63, 3.8) is 0 Å². The van der Waals surface area contributed by atoms with Crippen LogP contribution in [0, 0.1) is 0 Å². The van der Waals surface area contributed by atoms with Crippen molar-refractivity contribution in [2.45, 2.75) is 26.3 Å². The molecule has 2 aromatic carbocycles. The van der Waals surface area contributed by atoms with Gasteiger partial charge in [0.2, 0.25) is 0 Å². The largest absolute Gasteiger partial charge is 0.465 e. The summed E-state index contributed by atoms with van der Waals surface area (Å²) < 4.78 is 4.61. The normalized spacial score (nSPS) is 10.7. The van der Waals surface area contributed by atoms with Crippen LogP contribution >= 0.6 is 0 Å². The molecule has 0 heterocycles. The van der Waals surface area contributed by atoms with Crippen LogP contribution in [0.4, 0.5) is 0 Å². The van der Waals surface area contributed by atoms with E-state index in [1.165, 1.54) is 18.9 Å². The Labute approximate surface area is 163 Å². The molecule has 0 fully saturated rings. The highest BCUT2D eigenvalue weighted by Crippen LogP contribution is 2.14. The molecular formula is C21H23N3O4. The number of carbonyl (C=O) groups excluding carboxylic acids is 3. The highest BCUT2D eigenvalue weighted by atomic mass is 16.5. The first kappa shape index (κ1) is 20.8. The number of ether oxygens (including phenoxy) is 1. The van der Waals surface area contributed by atoms with Crippen LogP contribution in [-0.2, 0) is 20.9 Å². The van der Waals surface area contributed by atoms with E-state index >= 15 is 0 Å². The van der Waals surface area contributed by atoms with Crippen LogP contribution in [0.3, 0.4) is 0 Å². The van der Waals surface area contributed by atoms with Gasteiger partial charge in [-0.3, -0.25) is 9.59 Å². The first-order valence-electron chi connectivity index (χ1n) is 8.79. The lowest BCUT2D eigenvalue weighted by Gasteiger charge is -2.07. The number of hydrazone groups is 1. The molecule has 2 aromatic rings. The van der Waals surface area contributed by atoms with E-state index in [4.69, 9.17) is 0 Å². The lowest BCUT2D eigenvalue weighted by Crippen LogP contribution is -2.37. The highest BCUT2D eigenvalue weighted by molar-refractivity contribution is 6.35. The molecule has 2 rings (SSSR count). The van der Waals surface area contributed by atoms with Gasteiger partial charge in [-0.25, -0.2) is 10.2 Å². The summed E-state index contributed by atoms with van der Waals surface area (Å²) in [4.78, 5) is 35.0. The first-order valence-corrected chi connectivity index (χ1v) is 8.79. The maximum atomic E-state index is 11.8. The topological polar surface area (TPSA) is 96.9 Å². The van der Waals surface area contributed by atoms with Gasteiger partial charge >= 0.3 is 17.8 Å². The van der Waals surface area contributed by atoms with Crippen molar-refractivity contribution in [2.75, 3.05) is 7.11 Å². The Balaban J connectivity index is 1.81. The van der Waals surface area contributed by atoms with Crippen LogP contribution < -0.4 is 10.7 Å². The second-order valence-corrected chi connectivity index (χ2v) is 6.39. The smallest absolute Gasteiger partial charge is 0.337 e. The van der Waals surface area contributed by atoms with Crippen molar-refractivity contribution < 1.29 is 19.1 Å². The average Bonchev–Trinajstić information content (AvgIpc) is 2.72. The molecule has 0 bridgehead atoms. The predicted molar refractivity (Wildman–Crippen MR) is 106 cm³/mol. The number of nitrogens with zero attached hydrogens (tertiary/aromatic N) is 1. The molecule has 0 aliphatic heterocycles. The van der Waals surface area contributed by atoms with Gasteiger partial charge in [-0.15, -0.1) is 0 Å². The Kier molecular flexibility index (Phi) is 7.45. The third kappa shape index (κ3) is 6.05. The maximum absolute atomic E-state index is 11.8. The summed E-state index contributed by atoms with van der Waals surface area (Å²) in [6, 6.07) is 14.3. The van der Waals surface area contributed by atoms with Gasteiger partial charge in [0, 0.05) is 6.54 Å². The summed E-state index contributed by atoms with van der Waals surface area (Å²) in [5, 5.41) is 6.29. The quantitative estimate of drug-likeness (QED) is 0.347. The van der Waals surface area contributed by atoms with E-state index in [2.05, 4.69) is 34.4 Å². The van der Waals surface area contributed by atoms with Crippen molar-refractivity contribution in [1.29, 1.82) is 0 Å². The zero-order valence-electron chi connectivity index (χ0n) is 16.1. The summed E-state index contributed by atoms with van der Waals surface area (Å²) in [6.45, 7) is 4.47. The fourth-order valence-electron chi connectivity index (χ4n) is 2.32. The Morgan fingerprint density at radius 1 is 1.00 bits per heavy atom. The molecule has 0 saturated heterocycles. The minimum Gasteiger partial charge on any atom is -0.465 e. The molecule has 146 valence electrons. The summed E-state index contributed by atoms with van der Waals surface area (Å²) in [5.74, 6) is -1.64. The van der Waals surface area contributed by atoms with Gasteiger partial charge in [0.15, 0.2) is 0 Å². The number of rotatable bonds is 6. The summed E-state index contributed by atoms with van der Waals surface area (Å²) in [6.07, 6.45) is 1.37. The second kappa shape index (κ2) is 10.0. The number of methoxy groups -OCH3 is 1. The van der Waals surface area contributed by atoms with Crippen molar-refractivity contribution in [3.8, 4) is 0 Å². The van der Waals surface area contributed by atoms with Crippen molar-refractivity contribution in [1.82, 2.24) is 10.7 Å². The molecule has 0 atom stereocenters.